The normalized spacial score (nSPS) is 18.4. The van der Waals surface area contributed by atoms with Gasteiger partial charge in [-0.2, -0.15) is 10.5 Å². The van der Waals surface area contributed by atoms with E-state index in [1.165, 1.54) is 5.94 Å². The summed E-state index contributed by atoms with van der Waals surface area (Å²) in [7, 11) is 0. The van der Waals surface area contributed by atoms with Gasteiger partial charge in [-0.05, 0) is 38.5 Å². The van der Waals surface area contributed by atoms with Gasteiger partial charge in [0.25, 0.3) is 0 Å². The van der Waals surface area contributed by atoms with Gasteiger partial charge < -0.3 is 4.74 Å². The van der Waals surface area contributed by atoms with Crippen LogP contribution in [0.3, 0.4) is 0 Å². The van der Waals surface area contributed by atoms with Gasteiger partial charge in [-0.1, -0.05) is 17.7 Å². The van der Waals surface area contributed by atoms with Crippen molar-refractivity contribution in [3.63, 3.8) is 0 Å². The minimum absolute atomic E-state index is 0.00970. The molecule has 1 atom stereocenters. The van der Waals surface area contributed by atoms with Crippen LogP contribution in [0.5, 0.6) is 0 Å². The van der Waals surface area contributed by atoms with Crippen molar-refractivity contribution in [1.82, 2.24) is 0 Å². The van der Waals surface area contributed by atoms with Crippen LogP contribution in [0.4, 0.5) is 0 Å². The van der Waals surface area contributed by atoms with Crippen molar-refractivity contribution in [3.8, 4) is 12.1 Å². The van der Waals surface area contributed by atoms with Crippen molar-refractivity contribution < 1.29 is 19.1 Å². The van der Waals surface area contributed by atoms with Crippen LogP contribution in [0.25, 0.3) is 0 Å². The summed E-state index contributed by atoms with van der Waals surface area (Å²) in [5.74, 6) is -0.692. The summed E-state index contributed by atoms with van der Waals surface area (Å²) in [6.07, 6.45) is 6.72. The molecular weight excluding hydrogens is 308 g/mol. The highest BCUT2D eigenvalue weighted by molar-refractivity contribution is 6.00. The zero-order valence-electron chi connectivity index (χ0n) is 13.4. The Labute approximate surface area is 140 Å². The predicted octanol–water partition coefficient (Wildman–Crippen LogP) is 2.21. The van der Waals surface area contributed by atoms with Crippen molar-refractivity contribution in [3.05, 3.63) is 29.4 Å². The molecule has 6 heteroatoms. The van der Waals surface area contributed by atoms with Gasteiger partial charge in [0.15, 0.2) is 5.78 Å². The number of esters is 1. The van der Waals surface area contributed by atoms with Gasteiger partial charge in [-0.3, -0.25) is 4.79 Å². The molecule has 24 heavy (non-hydrogen) atoms. The molecule has 0 radical (unpaired) electrons. The maximum absolute atomic E-state index is 11.6. The highest BCUT2D eigenvalue weighted by atomic mass is 16.5. The first-order valence-corrected chi connectivity index (χ1v) is 7.68. The fourth-order valence-electron chi connectivity index (χ4n) is 2.51. The van der Waals surface area contributed by atoms with E-state index < -0.39 is 17.7 Å². The summed E-state index contributed by atoms with van der Waals surface area (Å²) in [5.41, 5.74) is 0.976. The molecule has 0 aromatic carbocycles. The summed E-state index contributed by atoms with van der Waals surface area (Å²) in [5, 5.41) is 18.0. The first kappa shape index (κ1) is 19.1. The van der Waals surface area contributed by atoms with E-state index in [2.05, 4.69) is 0 Å². The molecule has 0 heterocycles. The van der Waals surface area contributed by atoms with Crippen LogP contribution in [-0.2, 0) is 19.1 Å². The molecule has 0 bridgehead atoms. The maximum atomic E-state index is 11.6. The number of carbonyl (C=O) groups is 2. The lowest BCUT2D eigenvalue weighted by molar-refractivity contribution is -0.138. The smallest absolute Gasteiger partial charge is 0.348 e. The topological polar surface area (TPSA) is 108 Å². The molecule has 0 aromatic rings. The molecule has 1 unspecified atom stereocenters. The largest absolute Gasteiger partial charge is 0.462 e. The van der Waals surface area contributed by atoms with Crippen molar-refractivity contribution in [2.24, 2.45) is 11.8 Å². The molecular formula is C18H18N2O4. The summed E-state index contributed by atoms with van der Waals surface area (Å²) in [6, 6.07) is 3.72. The second kappa shape index (κ2) is 9.94. The Bertz CT molecular complexity index is 675. The number of ether oxygens (including phenoxy) is 1. The van der Waals surface area contributed by atoms with E-state index in [1.807, 2.05) is 12.1 Å². The molecule has 0 aliphatic heterocycles. The zero-order valence-corrected chi connectivity index (χ0v) is 13.4. The lowest BCUT2D eigenvalue weighted by Gasteiger charge is -2.22. The molecule has 1 saturated carbocycles. The Morgan fingerprint density at radius 1 is 1.33 bits per heavy atom. The summed E-state index contributed by atoms with van der Waals surface area (Å²) >= 11 is 0. The molecule has 1 aliphatic carbocycles. The molecule has 0 aromatic heterocycles. The third-order valence-electron chi connectivity index (χ3n) is 3.74. The van der Waals surface area contributed by atoms with Crippen LogP contribution in [0.15, 0.2) is 29.4 Å². The Hall–Kier alpha value is -2.95. The third kappa shape index (κ3) is 5.68. The summed E-state index contributed by atoms with van der Waals surface area (Å²) in [6.45, 7) is 1.89. The monoisotopic (exact) mass is 326 g/mol. The second-order valence-electron chi connectivity index (χ2n) is 5.35. The number of hydrogen-bond donors (Lipinski definition) is 0. The van der Waals surface area contributed by atoms with Crippen LogP contribution in [0.2, 0.25) is 0 Å². The lowest BCUT2D eigenvalue weighted by Crippen LogP contribution is -2.13. The molecule has 0 saturated heterocycles. The molecule has 0 N–H and O–H groups in total. The fraction of sp³-hybridized carbons (Fsp3) is 0.444. The Morgan fingerprint density at radius 3 is 2.50 bits per heavy atom. The summed E-state index contributed by atoms with van der Waals surface area (Å²) in [4.78, 5) is 33.4. The van der Waals surface area contributed by atoms with Crippen LogP contribution < -0.4 is 0 Å². The minimum Gasteiger partial charge on any atom is -0.462 e. The lowest BCUT2D eigenvalue weighted by atomic mass is 9.83. The second-order valence-corrected chi connectivity index (χ2v) is 5.35. The minimum atomic E-state index is -0.970. The number of nitriles is 2. The van der Waals surface area contributed by atoms with Crippen LogP contribution >= 0.6 is 0 Å². The van der Waals surface area contributed by atoms with Crippen LogP contribution in [0, 0.1) is 34.5 Å². The van der Waals surface area contributed by atoms with E-state index in [4.69, 9.17) is 15.3 Å². The number of ketones is 1. The van der Waals surface area contributed by atoms with Gasteiger partial charge in [0, 0.05) is 0 Å². The Kier molecular flexibility index (Phi) is 7.91. The first-order valence-electron chi connectivity index (χ1n) is 7.68. The van der Waals surface area contributed by atoms with Gasteiger partial charge in [0.1, 0.15) is 23.5 Å². The summed E-state index contributed by atoms with van der Waals surface area (Å²) < 4.78 is 4.82. The third-order valence-corrected chi connectivity index (χ3v) is 3.74. The molecule has 0 spiro atoms. The molecule has 0 amide bonds. The van der Waals surface area contributed by atoms with Crippen LogP contribution in [0.1, 0.15) is 32.6 Å². The molecule has 1 aliphatic rings. The number of hydrogen-bond acceptors (Lipinski definition) is 6. The molecule has 124 valence electrons. The molecule has 6 nitrogen and oxygen atoms in total. The highest BCUT2D eigenvalue weighted by Crippen LogP contribution is 2.30. The maximum Gasteiger partial charge on any atom is 0.348 e. The van der Waals surface area contributed by atoms with E-state index in [-0.39, 0.29) is 18.1 Å². The van der Waals surface area contributed by atoms with Crippen molar-refractivity contribution in [1.29, 1.82) is 10.5 Å². The van der Waals surface area contributed by atoms with Gasteiger partial charge >= 0.3 is 5.97 Å². The molecule has 1 fully saturated rings. The molecule has 1 rings (SSSR count). The quantitative estimate of drug-likeness (QED) is 0.243. The van der Waals surface area contributed by atoms with Gasteiger partial charge in [0.05, 0.1) is 18.8 Å². The van der Waals surface area contributed by atoms with E-state index >= 15 is 0 Å². The number of allylic oxidation sites excluding steroid dienone is 4. The van der Waals surface area contributed by atoms with Crippen molar-refractivity contribution >= 4 is 17.7 Å². The van der Waals surface area contributed by atoms with E-state index in [1.54, 1.807) is 19.1 Å². The van der Waals surface area contributed by atoms with E-state index in [0.29, 0.717) is 25.7 Å². The van der Waals surface area contributed by atoms with Crippen molar-refractivity contribution in [2.45, 2.75) is 32.6 Å². The number of rotatable bonds is 6. The van der Waals surface area contributed by atoms with E-state index in [9.17, 15) is 14.4 Å². The standard InChI is InChI=1S/C18H18N2O4/c1-2-24-18(23)16(12-20)10-14-5-3-13(4-6-14)9-15(11-19)17(22)7-8-21/h7,9-10,14-15H,2-6H2,1H3. The van der Waals surface area contributed by atoms with E-state index in [0.717, 1.165) is 11.6 Å². The highest BCUT2D eigenvalue weighted by Gasteiger charge is 2.20. The van der Waals surface area contributed by atoms with Gasteiger partial charge in [0.2, 0.25) is 0 Å². The first-order chi connectivity index (χ1) is 11.5. The number of nitrogens with zero attached hydrogens (tertiary/aromatic N) is 2. The van der Waals surface area contributed by atoms with Crippen molar-refractivity contribution in [2.75, 3.05) is 6.61 Å². The number of carbonyl (C=O) groups excluding carboxylic acids is 3. The predicted molar refractivity (Wildman–Crippen MR) is 84.7 cm³/mol. The Morgan fingerprint density at radius 2 is 2.00 bits per heavy atom. The average molecular weight is 326 g/mol. The van der Waals surface area contributed by atoms with Crippen LogP contribution in [-0.4, -0.2) is 24.3 Å². The zero-order chi connectivity index (χ0) is 17.9. The fourth-order valence-corrected chi connectivity index (χ4v) is 2.51. The Balaban J connectivity index is 2.72. The van der Waals surface area contributed by atoms with Gasteiger partial charge in [-0.15, -0.1) is 0 Å². The van der Waals surface area contributed by atoms with Gasteiger partial charge in [-0.25, -0.2) is 9.59 Å². The average Bonchev–Trinajstić information content (AvgIpc) is 2.59. The SMILES string of the molecule is CCOC(=O)C(C#N)=CC1CCC(=CC(C#N)C(=O)C=C=O)CC1.